The van der Waals surface area contributed by atoms with Crippen LogP contribution in [-0.2, 0) is 19.2 Å². The molecule has 32 heavy (non-hydrogen) atoms. The minimum absolute atomic E-state index is 0.0243. The quantitative estimate of drug-likeness (QED) is 0.437. The number of phenols is 1. The fraction of sp³-hybridized carbons (Fsp3) is 0.360. The molecule has 1 aromatic carbocycles. The molecule has 4 atom stereocenters. The Bertz CT molecular complexity index is 1200. The zero-order chi connectivity index (χ0) is 22.9. The van der Waals surface area contributed by atoms with Crippen LogP contribution in [0.15, 0.2) is 52.6 Å². The number of fused-ring (bicyclic) bond motifs is 3. The fourth-order valence-corrected chi connectivity index (χ4v) is 5.79. The minimum atomic E-state index is -0.686. The molecule has 2 amide bonds. The largest absolute Gasteiger partial charge is 0.508 e. The monoisotopic (exact) mass is 433 g/mol. The van der Waals surface area contributed by atoms with Gasteiger partial charge in [-0.1, -0.05) is 11.6 Å². The van der Waals surface area contributed by atoms with Gasteiger partial charge in [-0.15, -0.1) is 0 Å². The number of benzene rings is 1. The van der Waals surface area contributed by atoms with E-state index in [4.69, 9.17) is 4.74 Å². The summed E-state index contributed by atoms with van der Waals surface area (Å²) in [6.07, 6.45) is 3.88. The highest BCUT2D eigenvalue weighted by molar-refractivity contribution is 6.23. The van der Waals surface area contributed by atoms with Crippen LogP contribution in [0.5, 0.6) is 11.5 Å². The van der Waals surface area contributed by atoms with Crippen molar-refractivity contribution in [3.8, 4) is 11.5 Å². The molecule has 1 heterocycles. The Morgan fingerprint density at radius 3 is 2.56 bits per heavy atom. The highest BCUT2D eigenvalue weighted by atomic mass is 16.5. The fourth-order valence-electron chi connectivity index (χ4n) is 5.79. The predicted octanol–water partition coefficient (Wildman–Crippen LogP) is 2.46. The van der Waals surface area contributed by atoms with Crippen molar-refractivity contribution in [3.63, 3.8) is 0 Å². The van der Waals surface area contributed by atoms with Gasteiger partial charge in [0, 0.05) is 35.2 Å². The zero-order valence-electron chi connectivity index (χ0n) is 18.0. The Balaban J connectivity index is 1.74. The lowest BCUT2D eigenvalue weighted by molar-refractivity contribution is -0.138. The number of carbonyl (C=O) groups is 4. The van der Waals surface area contributed by atoms with Crippen LogP contribution in [0.4, 0.5) is 0 Å². The first-order valence-electron chi connectivity index (χ1n) is 10.6. The third kappa shape index (κ3) is 2.66. The van der Waals surface area contributed by atoms with Gasteiger partial charge in [-0.3, -0.25) is 24.1 Å². The molecule has 0 unspecified atom stereocenters. The number of amides is 2. The van der Waals surface area contributed by atoms with Crippen LogP contribution in [-0.4, -0.2) is 47.5 Å². The maximum atomic E-state index is 13.1. The number of phenolic OH excluding ortho intramolecular Hbond substituents is 1. The van der Waals surface area contributed by atoms with Gasteiger partial charge in [-0.25, -0.2) is 0 Å². The number of carbonyl (C=O) groups excluding carboxylic acids is 4. The number of methoxy groups -OCH3 is 1. The molecule has 1 fully saturated rings. The molecular formula is C25H23NO6. The lowest BCUT2D eigenvalue weighted by Gasteiger charge is -2.42. The molecule has 164 valence electrons. The highest BCUT2D eigenvalue weighted by Gasteiger charge is 2.55. The van der Waals surface area contributed by atoms with E-state index in [9.17, 15) is 24.3 Å². The van der Waals surface area contributed by atoms with Crippen LogP contribution in [0.3, 0.4) is 0 Å². The van der Waals surface area contributed by atoms with E-state index >= 15 is 0 Å². The summed E-state index contributed by atoms with van der Waals surface area (Å²) in [6, 6.07) is 4.78. The zero-order valence-corrected chi connectivity index (χ0v) is 18.0. The Hall–Kier alpha value is -3.48. The van der Waals surface area contributed by atoms with Gasteiger partial charge in [-0.2, -0.15) is 0 Å². The standard InChI is InChI=1S/C25H23NO6/c1-11-8-19(28)22-17(23(11)29)10-15-13(5-6-14-21(15)25(31)26(2)24(14)30)20(22)16-9-12(32-3)4-7-18(16)27/h4-5,7-9,14-15,20-21,27H,6,10H2,1-3H3/t14-,15+,20+,21-/m0/s1. The summed E-state index contributed by atoms with van der Waals surface area (Å²) in [5, 5.41) is 10.7. The molecule has 1 aliphatic heterocycles. The first kappa shape index (κ1) is 20.4. The Labute approximate surface area is 185 Å². The maximum Gasteiger partial charge on any atom is 0.233 e. The van der Waals surface area contributed by atoms with Crippen molar-refractivity contribution >= 4 is 23.4 Å². The normalized spacial score (nSPS) is 29.4. The van der Waals surface area contributed by atoms with Gasteiger partial charge in [0.05, 0.1) is 18.9 Å². The summed E-state index contributed by atoms with van der Waals surface area (Å²) in [5.41, 5.74) is 2.33. The third-order valence-electron chi connectivity index (χ3n) is 7.33. The molecule has 7 nitrogen and oxygen atoms in total. The van der Waals surface area contributed by atoms with Crippen LogP contribution in [0, 0.1) is 17.8 Å². The second kappa shape index (κ2) is 7.02. The summed E-state index contributed by atoms with van der Waals surface area (Å²) in [7, 11) is 3.00. The number of rotatable bonds is 2. The van der Waals surface area contributed by atoms with Gasteiger partial charge in [0.1, 0.15) is 11.5 Å². The lowest BCUT2D eigenvalue weighted by atomic mass is 9.59. The van der Waals surface area contributed by atoms with Crippen LogP contribution < -0.4 is 4.74 Å². The van der Waals surface area contributed by atoms with E-state index in [1.165, 1.54) is 31.2 Å². The van der Waals surface area contributed by atoms with E-state index in [1.807, 2.05) is 6.08 Å². The molecule has 1 saturated heterocycles. The first-order valence-corrected chi connectivity index (χ1v) is 10.6. The second-order valence-electron chi connectivity index (χ2n) is 8.89. The molecule has 0 saturated carbocycles. The summed E-state index contributed by atoms with van der Waals surface area (Å²) >= 11 is 0. The number of ketones is 2. The number of aromatic hydroxyl groups is 1. The van der Waals surface area contributed by atoms with Crippen LogP contribution in [0.25, 0.3) is 0 Å². The predicted molar refractivity (Wildman–Crippen MR) is 114 cm³/mol. The summed E-state index contributed by atoms with van der Waals surface area (Å²) in [5.74, 6) is -2.60. The third-order valence-corrected chi connectivity index (χ3v) is 7.33. The number of imide groups is 1. The van der Waals surface area contributed by atoms with Crippen LogP contribution in [0.2, 0.25) is 0 Å². The second-order valence-corrected chi connectivity index (χ2v) is 8.89. The molecule has 5 rings (SSSR count). The van der Waals surface area contributed by atoms with Gasteiger partial charge in [-0.05, 0) is 50.0 Å². The Morgan fingerprint density at radius 1 is 1.09 bits per heavy atom. The van der Waals surface area contributed by atoms with Crippen molar-refractivity contribution in [1.29, 1.82) is 0 Å². The SMILES string of the molecule is COc1ccc(O)c([C@H]2C3=CC[C@@H]4C(=O)N(C)C(=O)[C@@H]4[C@@H]3CC3=C2C(=O)C=C(C)C3=O)c1. The van der Waals surface area contributed by atoms with Crippen molar-refractivity contribution in [2.45, 2.75) is 25.7 Å². The van der Waals surface area contributed by atoms with E-state index in [0.29, 0.717) is 34.5 Å². The summed E-state index contributed by atoms with van der Waals surface area (Å²) in [6.45, 7) is 1.61. The molecule has 0 bridgehead atoms. The van der Waals surface area contributed by atoms with Gasteiger partial charge in [0.2, 0.25) is 11.8 Å². The van der Waals surface area contributed by atoms with Gasteiger partial charge >= 0.3 is 0 Å². The van der Waals surface area contributed by atoms with Gasteiger partial charge in [0.15, 0.2) is 11.6 Å². The number of ether oxygens (including phenoxy) is 1. The molecular weight excluding hydrogens is 410 g/mol. The topological polar surface area (TPSA) is 101 Å². The average molecular weight is 433 g/mol. The van der Waals surface area contributed by atoms with E-state index < -0.39 is 23.7 Å². The minimum Gasteiger partial charge on any atom is -0.508 e. The molecule has 7 heteroatoms. The van der Waals surface area contributed by atoms with Gasteiger partial charge < -0.3 is 9.84 Å². The van der Waals surface area contributed by atoms with E-state index in [0.717, 1.165) is 5.57 Å². The van der Waals surface area contributed by atoms with Crippen molar-refractivity contribution in [3.05, 3.63) is 58.2 Å². The molecule has 0 radical (unpaired) electrons. The molecule has 1 N–H and O–H groups in total. The molecule has 0 aromatic heterocycles. The number of nitrogens with zero attached hydrogens (tertiary/aromatic N) is 1. The maximum absolute atomic E-state index is 13.1. The van der Waals surface area contributed by atoms with Crippen molar-refractivity contribution in [2.24, 2.45) is 17.8 Å². The molecule has 4 aliphatic rings. The lowest BCUT2D eigenvalue weighted by Crippen LogP contribution is -2.39. The van der Waals surface area contributed by atoms with Crippen molar-refractivity contribution in [1.82, 2.24) is 4.90 Å². The number of hydrogen-bond acceptors (Lipinski definition) is 6. The van der Waals surface area contributed by atoms with E-state index in [-0.39, 0.29) is 35.6 Å². The van der Waals surface area contributed by atoms with Gasteiger partial charge in [0.25, 0.3) is 0 Å². The van der Waals surface area contributed by atoms with Crippen molar-refractivity contribution in [2.75, 3.05) is 14.2 Å². The van der Waals surface area contributed by atoms with Crippen LogP contribution in [0.1, 0.15) is 31.2 Å². The molecule has 3 aliphatic carbocycles. The number of likely N-dealkylation sites (tertiary alicyclic amines) is 1. The van der Waals surface area contributed by atoms with Crippen molar-refractivity contribution < 1.29 is 29.0 Å². The number of hydrogen-bond donors (Lipinski definition) is 1. The Kier molecular flexibility index (Phi) is 4.48. The highest BCUT2D eigenvalue weighted by Crippen LogP contribution is 2.56. The summed E-state index contributed by atoms with van der Waals surface area (Å²) < 4.78 is 5.34. The average Bonchev–Trinajstić information content (AvgIpc) is 3.00. The smallest absolute Gasteiger partial charge is 0.233 e. The molecule has 1 aromatic rings. The molecule has 0 spiro atoms. The number of allylic oxidation sites excluding steroid dienone is 6. The van der Waals surface area contributed by atoms with E-state index in [2.05, 4.69) is 0 Å². The van der Waals surface area contributed by atoms with Crippen LogP contribution >= 0.6 is 0 Å². The Morgan fingerprint density at radius 2 is 1.84 bits per heavy atom. The van der Waals surface area contributed by atoms with E-state index in [1.54, 1.807) is 19.1 Å². The summed E-state index contributed by atoms with van der Waals surface area (Å²) in [4.78, 5) is 53.1. The first-order chi connectivity index (χ1) is 15.2. The number of Topliss-reactive ketones (excluding diaryl/α,β-unsaturated/α-hetero) is 1.